The Balaban J connectivity index is 1.67. The van der Waals surface area contributed by atoms with Gasteiger partial charge < -0.3 is 10.1 Å². The predicted octanol–water partition coefficient (Wildman–Crippen LogP) is 3.43. The molecule has 0 aliphatic carbocycles. The van der Waals surface area contributed by atoms with Crippen LogP contribution in [0.5, 0.6) is 5.88 Å². The van der Waals surface area contributed by atoms with E-state index in [1.165, 1.54) is 24.3 Å². The third-order valence-corrected chi connectivity index (χ3v) is 5.26. The van der Waals surface area contributed by atoms with Gasteiger partial charge in [-0.3, -0.25) is 4.90 Å². The molecule has 0 spiro atoms. The van der Waals surface area contributed by atoms with E-state index in [4.69, 9.17) is 4.74 Å². The maximum Gasteiger partial charge on any atom is 0.218 e. The smallest absolute Gasteiger partial charge is 0.218 e. The summed E-state index contributed by atoms with van der Waals surface area (Å²) < 4.78 is 5.44. The molecule has 0 saturated carbocycles. The second kappa shape index (κ2) is 7.75. The summed E-state index contributed by atoms with van der Waals surface area (Å²) in [6, 6.07) is 6.76. The van der Waals surface area contributed by atoms with E-state index in [0.717, 1.165) is 12.4 Å². The van der Waals surface area contributed by atoms with Gasteiger partial charge >= 0.3 is 0 Å². The lowest BCUT2D eigenvalue weighted by Gasteiger charge is -2.39. The zero-order valence-corrected chi connectivity index (χ0v) is 14.6. The molecule has 2 aromatic heterocycles. The molecule has 23 heavy (non-hydrogen) atoms. The second-order valence-electron chi connectivity index (χ2n) is 5.90. The van der Waals surface area contributed by atoms with Crippen molar-refractivity contribution in [2.24, 2.45) is 5.92 Å². The third-order valence-electron chi connectivity index (χ3n) is 4.32. The van der Waals surface area contributed by atoms with E-state index in [-0.39, 0.29) is 0 Å². The molecule has 1 aliphatic rings. The Labute approximate surface area is 141 Å². The van der Waals surface area contributed by atoms with Crippen LogP contribution < -0.4 is 10.1 Å². The van der Waals surface area contributed by atoms with Gasteiger partial charge in [-0.05, 0) is 50.7 Å². The van der Waals surface area contributed by atoms with E-state index in [2.05, 4.69) is 44.7 Å². The van der Waals surface area contributed by atoms with Crippen LogP contribution in [0, 0.1) is 5.92 Å². The third kappa shape index (κ3) is 4.00. The van der Waals surface area contributed by atoms with Crippen LogP contribution in [-0.2, 0) is 0 Å². The molecule has 1 aliphatic heterocycles. The van der Waals surface area contributed by atoms with E-state index in [1.807, 2.05) is 24.3 Å². The Morgan fingerprint density at radius 1 is 1.43 bits per heavy atom. The molecule has 124 valence electrons. The summed E-state index contributed by atoms with van der Waals surface area (Å²) in [5.41, 5.74) is 0. The minimum atomic E-state index is 0.490. The maximum absolute atomic E-state index is 5.44. The second-order valence-corrected chi connectivity index (χ2v) is 6.88. The monoisotopic (exact) mass is 332 g/mol. The minimum absolute atomic E-state index is 0.490. The first-order valence-electron chi connectivity index (χ1n) is 8.20. The molecule has 0 aromatic carbocycles. The average Bonchev–Trinajstić information content (AvgIpc) is 3.08. The van der Waals surface area contributed by atoms with Crippen molar-refractivity contribution < 1.29 is 4.74 Å². The number of thiophene rings is 1. The molecule has 1 fully saturated rings. The Morgan fingerprint density at radius 2 is 2.35 bits per heavy atom. The minimum Gasteiger partial charge on any atom is -0.478 e. The molecule has 5 nitrogen and oxygen atoms in total. The fourth-order valence-corrected chi connectivity index (χ4v) is 4.26. The summed E-state index contributed by atoms with van der Waals surface area (Å²) in [5.74, 6) is 2.04. The molecule has 3 rings (SSSR count). The number of hydrogen-bond donors (Lipinski definition) is 1. The molecule has 1 saturated heterocycles. The first kappa shape index (κ1) is 16.2. The van der Waals surface area contributed by atoms with Gasteiger partial charge in [-0.2, -0.15) is 0 Å². The van der Waals surface area contributed by atoms with Gasteiger partial charge in [-0.25, -0.2) is 9.97 Å². The highest BCUT2D eigenvalue weighted by Gasteiger charge is 2.31. The normalized spacial score (nSPS) is 22.0. The summed E-state index contributed by atoms with van der Waals surface area (Å²) in [7, 11) is 2.23. The van der Waals surface area contributed by atoms with Gasteiger partial charge in [0, 0.05) is 23.5 Å². The standard InChI is InChI=1S/C17H24N4OS/c1-3-22-16-10-15(19-12-20-16)18-11-13-6-4-8-21(2)17(13)14-7-5-9-23-14/h5,7,9-10,12-13,17H,3-4,6,8,11H2,1-2H3,(H,18,19,20). The average molecular weight is 332 g/mol. The lowest BCUT2D eigenvalue weighted by atomic mass is 9.88. The molecule has 2 aromatic rings. The molecule has 2 unspecified atom stereocenters. The number of anilines is 1. The van der Waals surface area contributed by atoms with E-state index >= 15 is 0 Å². The van der Waals surface area contributed by atoms with Crippen molar-refractivity contribution in [3.8, 4) is 5.88 Å². The fourth-order valence-electron chi connectivity index (χ4n) is 3.28. The highest BCUT2D eigenvalue weighted by molar-refractivity contribution is 7.10. The van der Waals surface area contributed by atoms with Crippen LogP contribution in [0.4, 0.5) is 5.82 Å². The Kier molecular flexibility index (Phi) is 5.46. The van der Waals surface area contributed by atoms with Crippen LogP contribution in [0.1, 0.15) is 30.7 Å². The molecule has 2 atom stereocenters. The van der Waals surface area contributed by atoms with Crippen LogP contribution >= 0.6 is 11.3 Å². The van der Waals surface area contributed by atoms with Crippen LogP contribution in [-0.4, -0.2) is 41.6 Å². The summed E-state index contributed by atoms with van der Waals surface area (Å²) in [5, 5.41) is 5.64. The number of nitrogens with zero attached hydrogens (tertiary/aromatic N) is 3. The fraction of sp³-hybridized carbons (Fsp3) is 0.529. The lowest BCUT2D eigenvalue weighted by molar-refractivity contribution is 0.130. The van der Waals surface area contributed by atoms with Gasteiger partial charge in [0.15, 0.2) is 0 Å². The molecular formula is C17H24N4OS. The number of nitrogens with one attached hydrogen (secondary N) is 1. The van der Waals surface area contributed by atoms with Gasteiger partial charge in [0.05, 0.1) is 6.61 Å². The molecular weight excluding hydrogens is 308 g/mol. The number of likely N-dealkylation sites (tertiary alicyclic amines) is 1. The summed E-state index contributed by atoms with van der Waals surface area (Å²) in [4.78, 5) is 12.3. The maximum atomic E-state index is 5.44. The van der Waals surface area contributed by atoms with E-state index in [9.17, 15) is 0 Å². The van der Waals surface area contributed by atoms with Gasteiger partial charge in [0.1, 0.15) is 12.1 Å². The topological polar surface area (TPSA) is 50.3 Å². The van der Waals surface area contributed by atoms with Crippen LogP contribution in [0.3, 0.4) is 0 Å². The zero-order chi connectivity index (χ0) is 16.1. The predicted molar refractivity (Wildman–Crippen MR) is 94.1 cm³/mol. The number of piperidine rings is 1. The summed E-state index contributed by atoms with van der Waals surface area (Å²) in [6.07, 6.45) is 4.04. The van der Waals surface area contributed by atoms with Crippen molar-refractivity contribution >= 4 is 17.2 Å². The van der Waals surface area contributed by atoms with E-state index in [1.54, 1.807) is 6.33 Å². The number of aromatic nitrogens is 2. The summed E-state index contributed by atoms with van der Waals surface area (Å²) in [6.45, 7) is 4.65. The van der Waals surface area contributed by atoms with Crippen LogP contribution in [0.25, 0.3) is 0 Å². The molecule has 1 N–H and O–H groups in total. The van der Waals surface area contributed by atoms with Crippen LogP contribution in [0.15, 0.2) is 29.9 Å². The highest BCUT2D eigenvalue weighted by Crippen LogP contribution is 2.37. The molecule has 6 heteroatoms. The molecule has 0 bridgehead atoms. The first-order valence-corrected chi connectivity index (χ1v) is 9.08. The number of hydrogen-bond acceptors (Lipinski definition) is 6. The lowest BCUT2D eigenvalue weighted by Crippen LogP contribution is -2.38. The number of ether oxygens (including phenoxy) is 1. The highest BCUT2D eigenvalue weighted by atomic mass is 32.1. The first-order chi connectivity index (χ1) is 11.3. The molecule has 0 radical (unpaired) electrons. The quantitative estimate of drug-likeness (QED) is 0.878. The van der Waals surface area contributed by atoms with Crippen molar-refractivity contribution in [1.82, 2.24) is 14.9 Å². The SMILES string of the molecule is CCOc1cc(NCC2CCCN(C)C2c2cccs2)ncn1. The Bertz CT molecular complexity index is 604. The Morgan fingerprint density at radius 3 is 3.13 bits per heavy atom. The van der Waals surface area contributed by atoms with Crippen LogP contribution in [0.2, 0.25) is 0 Å². The van der Waals surface area contributed by atoms with E-state index in [0.29, 0.717) is 24.4 Å². The van der Waals surface area contributed by atoms with Gasteiger partial charge in [0.25, 0.3) is 0 Å². The van der Waals surface area contributed by atoms with Gasteiger partial charge in [-0.1, -0.05) is 6.07 Å². The van der Waals surface area contributed by atoms with Crippen molar-refractivity contribution in [3.05, 3.63) is 34.8 Å². The summed E-state index contributed by atoms with van der Waals surface area (Å²) >= 11 is 1.85. The number of rotatable bonds is 6. The van der Waals surface area contributed by atoms with Gasteiger partial charge in [0.2, 0.25) is 5.88 Å². The molecule has 3 heterocycles. The van der Waals surface area contributed by atoms with Gasteiger partial charge in [-0.15, -0.1) is 11.3 Å². The van der Waals surface area contributed by atoms with E-state index < -0.39 is 0 Å². The van der Waals surface area contributed by atoms with Crippen molar-refractivity contribution in [3.63, 3.8) is 0 Å². The van der Waals surface area contributed by atoms with Crippen molar-refractivity contribution in [2.75, 3.05) is 32.1 Å². The zero-order valence-electron chi connectivity index (χ0n) is 13.7. The largest absolute Gasteiger partial charge is 0.478 e. The van der Waals surface area contributed by atoms with Crippen molar-refractivity contribution in [1.29, 1.82) is 0 Å². The van der Waals surface area contributed by atoms with Crippen molar-refractivity contribution in [2.45, 2.75) is 25.8 Å². The molecule has 0 amide bonds. The Hall–Kier alpha value is -1.66.